The number of amides is 1. The van der Waals surface area contributed by atoms with Crippen molar-refractivity contribution in [2.45, 2.75) is 18.1 Å². The van der Waals surface area contributed by atoms with E-state index in [9.17, 15) is 21.6 Å². The van der Waals surface area contributed by atoms with Crippen LogP contribution in [0.25, 0.3) is 11.0 Å². The van der Waals surface area contributed by atoms with Gasteiger partial charge in [-0.15, -0.1) is 10.2 Å². The highest BCUT2D eigenvalue weighted by atomic mass is 35.5. The maximum atomic E-state index is 11.7. The molecule has 0 atom stereocenters. The van der Waals surface area contributed by atoms with Gasteiger partial charge in [0.2, 0.25) is 10.2 Å². The largest absolute Gasteiger partial charge is 0.469 e. The summed E-state index contributed by atoms with van der Waals surface area (Å²) in [6, 6.07) is 12.4. The molecule has 0 aliphatic heterocycles. The van der Waals surface area contributed by atoms with Crippen LogP contribution in [0.5, 0.6) is 5.88 Å². The number of pyridine rings is 1. The zero-order valence-electron chi connectivity index (χ0n) is 20.3. The molecule has 0 aliphatic carbocycles. The first-order valence-corrected chi connectivity index (χ1v) is 14.2. The minimum atomic E-state index is -4.70. The summed E-state index contributed by atoms with van der Waals surface area (Å²) >= 11 is 5.92. The Balaban J connectivity index is 0.000000360. The van der Waals surface area contributed by atoms with Crippen LogP contribution in [0.1, 0.15) is 23.0 Å². The number of aromatic nitrogens is 3. The average Bonchev–Trinajstić information content (AvgIpc) is 3.39. The number of halogens is 1. The third-order valence-corrected chi connectivity index (χ3v) is 8.35. The van der Waals surface area contributed by atoms with E-state index < -0.39 is 24.8 Å². The fraction of sp³-hybridized carbons (Fsp3) is 0.182. The van der Waals surface area contributed by atoms with Crippen molar-refractivity contribution in [3.63, 3.8) is 0 Å². The van der Waals surface area contributed by atoms with Crippen molar-refractivity contribution in [1.29, 1.82) is 0 Å². The fourth-order valence-electron chi connectivity index (χ4n) is 2.83. The van der Waals surface area contributed by atoms with Crippen molar-refractivity contribution in [2.75, 3.05) is 12.4 Å². The molecule has 3 heterocycles. The molecule has 0 bridgehead atoms. The molecule has 0 saturated heterocycles. The Morgan fingerprint density at radius 1 is 1.08 bits per heavy atom. The van der Waals surface area contributed by atoms with E-state index in [1.54, 1.807) is 49.8 Å². The summed E-state index contributed by atoms with van der Waals surface area (Å²) < 4.78 is 65.2. The molecule has 3 aromatic heterocycles. The first kappa shape index (κ1) is 29.7. The standard InChI is InChI=1S/C20H16ClN5O3.C2H6O6S2/c1-22-19(27)16-10-12(6-8-23-16)11-29-20-17-15(7-9-28-17)18(25-26-20)24-14-4-2-13(21)3-5-14;1-2(9(3,4)5)10(6,7)8/h2-10H,11H2,1H3,(H,22,27)(H,24,25);2H,1H3,(H,3,4,5)(H,6,7,8). The SMILES string of the molecule is CC(S(=O)(=O)O)S(=O)(=O)O.CNC(=O)c1cc(COc2nnc(Nc3ccc(Cl)cc3)c3ccoc23)ccn1. The third kappa shape index (κ3) is 8.08. The average molecular weight is 600 g/mol. The summed E-state index contributed by atoms with van der Waals surface area (Å²) in [5.41, 5.74) is 2.37. The number of nitrogens with one attached hydrogen (secondary N) is 2. The van der Waals surface area contributed by atoms with Gasteiger partial charge in [0.25, 0.3) is 32.0 Å². The number of ether oxygens (including phenoxy) is 1. The Hall–Kier alpha value is -3.83. The minimum absolute atomic E-state index is 0.182. The van der Waals surface area contributed by atoms with Crippen molar-refractivity contribution in [1.82, 2.24) is 20.5 Å². The first-order valence-electron chi connectivity index (χ1n) is 10.8. The number of carbonyl (C=O) groups excluding carboxylic acids is 1. The van der Waals surface area contributed by atoms with Crippen LogP contribution in [-0.4, -0.2) is 58.7 Å². The van der Waals surface area contributed by atoms with Crippen molar-refractivity contribution in [3.8, 4) is 5.88 Å². The molecule has 17 heteroatoms. The highest BCUT2D eigenvalue weighted by Gasteiger charge is 2.29. The van der Waals surface area contributed by atoms with E-state index in [1.165, 1.54) is 0 Å². The predicted octanol–water partition coefficient (Wildman–Crippen LogP) is 3.06. The van der Waals surface area contributed by atoms with Gasteiger partial charge in [0.05, 0.1) is 11.6 Å². The highest BCUT2D eigenvalue weighted by molar-refractivity contribution is 8.03. The fourth-order valence-corrected chi connectivity index (χ4v) is 4.19. The van der Waals surface area contributed by atoms with Crippen molar-refractivity contribution in [3.05, 3.63) is 71.2 Å². The van der Waals surface area contributed by atoms with Crippen LogP contribution in [-0.2, 0) is 26.8 Å². The molecule has 0 spiro atoms. The van der Waals surface area contributed by atoms with Gasteiger partial charge in [-0.05, 0) is 55.0 Å². The van der Waals surface area contributed by atoms with Crippen molar-refractivity contribution < 1.29 is 39.9 Å². The van der Waals surface area contributed by atoms with E-state index in [0.29, 0.717) is 29.0 Å². The number of carbonyl (C=O) groups is 1. The first-order chi connectivity index (χ1) is 18.3. The molecule has 1 aromatic carbocycles. The molecule has 4 N–H and O–H groups in total. The van der Waals surface area contributed by atoms with Gasteiger partial charge in [-0.1, -0.05) is 11.6 Å². The molecule has 0 aliphatic rings. The monoisotopic (exact) mass is 599 g/mol. The van der Waals surface area contributed by atoms with E-state index in [4.69, 9.17) is 29.9 Å². The van der Waals surface area contributed by atoms with Crippen LogP contribution in [0.15, 0.2) is 59.3 Å². The second-order valence-corrected chi connectivity index (χ2v) is 11.9. The maximum Gasteiger partial charge on any atom is 0.284 e. The number of furan rings is 1. The Labute approximate surface area is 227 Å². The van der Waals surface area contributed by atoms with Gasteiger partial charge >= 0.3 is 0 Å². The van der Waals surface area contributed by atoms with Gasteiger partial charge in [0, 0.05) is 24.0 Å². The summed E-state index contributed by atoms with van der Waals surface area (Å²) in [5.74, 6) is 0.525. The number of hydrogen-bond donors (Lipinski definition) is 4. The summed E-state index contributed by atoms with van der Waals surface area (Å²) in [6.45, 7) is 0.839. The lowest BCUT2D eigenvalue weighted by molar-refractivity contribution is 0.0958. The lowest BCUT2D eigenvalue weighted by Crippen LogP contribution is -2.25. The molecule has 0 radical (unpaired) electrons. The Kier molecular flexibility index (Phi) is 9.41. The lowest BCUT2D eigenvalue weighted by Gasteiger charge is -2.09. The quantitative estimate of drug-likeness (QED) is 0.215. The number of nitrogens with zero attached hydrogens (tertiary/aromatic N) is 3. The van der Waals surface area contributed by atoms with E-state index >= 15 is 0 Å². The molecule has 39 heavy (non-hydrogen) atoms. The second-order valence-electron chi connectivity index (χ2n) is 7.66. The van der Waals surface area contributed by atoms with Gasteiger partial charge in [-0.25, -0.2) is 0 Å². The minimum Gasteiger partial charge on any atom is -0.469 e. The Morgan fingerprint density at radius 3 is 2.33 bits per heavy atom. The zero-order valence-corrected chi connectivity index (χ0v) is 22.7. The van der Waals surface area contributed by atoms with Crippen LogP contribution < -0.4 is 15.4 Å². The molecule has 4 aromatic rings. The normalized spacial score (nSPS) is 11.5. The lowest BCUT2D eigenvalue weighted by atomic mass is 10.2. The van der Waals surface area contributed by atoms with Gasteiger partial charge < -0.3 is 19.8 Å². The topological polar surface area (TPSA) is 211 Å². The predicted molar refractivity (Wildman–Crippen MR) is 141 cm³/mol. The molecular weight excluding hydrogens is 578 g/mol. The van der Waals surface area contributed by atoms with Crippen LogP contribution in [0.2, 0.25) is 5.02 Å². The number of anilines is 2. The Bertz CT molecular complexity index is 1650. The number of hydrogen-bond acceptors (Lipinski definition) is 11. The summed E-state index contributed by atoms with van der Waals surface area (Å²) in [6.07, 6.45) is 3.10. The zero-order chi connectivity index (χ0) is 28.8. The Morgan fingerprint density at radius 2 is 1.74 bits per heavy atom. The van der Waals surface area contributed by atoms with Crippen LogP contribution in [0, 0.1) is 0 Å². The molecule has 208 valence electrons. The number of benzene rings is 1. The molecule has 0 unspecified atom stereocenters. The number of fused-ring (bicyclic) bond motifs is 1. The van der Waals surface area contributed by atoms with Gasteiger partial charge in [-0.2, -0.15) is 16.8 Å². The molecular formula is C22H22ClN5O9S2. The molecule has 14 nitrogen and oxygen atoms in total. The number of rotatable bonds is 8. The smallest absolute Gasteiger partial charge is 0.284 e. The summed E-state index contributed by atoms with van der Waals surface area (Å²) in [5, 5.41) is 15.4. The third-order valence-electron chi connectivity index (χ3n) is 4.96. The molecule has 4 rings (SSSR count). The highest BCUT2D eigenvalue weighted by Crippen LogP contribution is 2.31. The van der Waals surface area contributed by atoms with Crippen LogP contribution in [0.3, 0.4) is 0 Å². The van der Waals surface area contributed by atoms with Gasteiger partial charge in [0.1, 0.15) is 12.3 Å². The molecule has 0 saturated carbocycles. The van der Waals surface area contributed by atoms with Gasteiger partial charge in [-0.3, -0.25) is 18.9 Å². The van der Waals surface area contributed by atoms with E-state index in [-0.39, 0.29) is 18.4 Å². The van der Waals surface area contributed by atoms with E-state index in [0.717, 1.165) is 16.6 Å². The summed E-state index contributed by atoms with van der Waals surface area (Å²) in [4.78, 5) is 15.8. The van der Waals surface area contributed by atoms with E-state index in [1.807, 2.05) is 12.1 Å². The van der Waals surface area contributed by atoms with Crippen LogP contribution >= 0.6 is 11.6 Å². The van der Waals surface area contributed by atoms with Crippen LogP contribution in [0.4, 0.5) is 11.5 Å². The van der Waals surface area contributed by atoms with E-state index in [2.05, 4.69) is 25.8 Å². The van der Waals surface area contributed by atoms with Crippen molar-refractivity contribution in [2.24, 2.45) is 0 Å². The van der Waals surface area contributed by atoms with Gasteiger partial charge in [0.15, 0.2) is 5.82 Å². The molecule has 0 fully saturated rings. The van der Waals surface area contributed by atoms with Crippen molar-refractivity contribution >= 4 is 60.2 Å². The summed E-state index contributed by atoms with van der Waals surface area (Å²) in [7, 11) is -7.85. The maximum absolute atomic E-state index is 11.7. The molecule has 1 amide bonds. The second kappa shape index (κ2) is 12.4.